The van der Waals surface area contributed by atoms with Crippen LogP contribution in [0.3, 0.4) is 0 Å². The molecule has 0 aliphatic carbocycles. The van der Waals surface area contributed by atoms with Gasteiger partial charge in [0.05, 0.1) is 0 Å². The number of methoxy groups -OCH3 is 1. The van der Waals surface area contributed by atoms with Crippen molar-refractivity contribution in [3.05, 3.63) is 83.9 Å². The van der Waals surface area contributed by atoms with E-state index in [9.17, 15) is 18.0 Å². The predicted octanol–water partition coefficient (Wildman–Crippen LogP) is 5.63. The monoisotopic (exact) mass is 496 g/mol. The van der Waals surface area contributed by atoms with E-state index in [1.165, 1.54) is 16.5 Å². The SMILES string of the molecule is CO[C@](C(=O)N1CCC2(CCNC[C@H]2c2ccccc2)CC1)(c1cccc2ccccc12)C(F)(F)F. The number of rotatable bonds is 4. The molecule has 4 nitrogen and oxygen atoms in total. The smallest absolute Gasteiger partial charge is 0.356 e. The minimum atomic E-state index is -4.93. The summed E-state index contributed by atoms with van der Waals surface area (Å²) in [6.07, 6.45) is -2.67. The van der Waals surface area contributed by atoms with Crippen LogP contribution >= 0.6 is 0 Å². The zero-order valence-electron chi connectivity index (χ0n) is 20.4. The van der Waals surface area contributed by atoms with Crippen molar-refractivity contribution in [3.8, 4) is 0 Å². The van der Waals surface area contributed by atoms with Gasteiger partial charge in [-0.2, -0.15) is 13.2 Å². The van der Waals surface area contributed by atoms with Gasteiger partial charge in [-0.1, -0.05) is 72.8 Å². The van der Waals surface area contributed by atoms with Crippen LogP contribution in [0.15, 0.2) is 72.8 Å². The van der Waals surface area contributed by atoms with Crippen LogP contribution in [0.4, 0.5) is 13.2 Å². The van der Waals surface area contributed by atoms with Gasteiger partial charge in [-0.25, -0.2) is 0 Å². The number of amides is 1. The van der Waals surface area contributed by atoms with Crippen LogP contribution in [0.1, 0.15) is 36.3 Å². The summed E-state index contributed by atoms with van der Waals surface area (Å²) in [5, 5.41) is 4.48. The Bertz CT molecular complexity index is 1220. The first-order valence-corrected chi connectivity index (χ1v) is 12.5. The van der Waals surface area contributed by atoms with Gasteiger partial charge in [0.25, 0.3) is 11.5 Å². The van der Waals surface area contributed by atoms with Gasteiger partial charge in [0.15, 0.2) is 0 Å². The maximum Gasteiger partial charge on any atom is 0.431 e. The van der Waals surface area contributed by atoms with Crippen molar-refractivity contribution in [2.24, 2.45) is 5.41 Å². The second-order valence-corrected chi connectivity index (χ2v) is 9.98. The molecule has 3 aromatic rings. The van der Waals surface area contributed by atoms with E-state index in [4.69, 9.17) is 4.74 Å². The fourth-order valence-electron chi connectivity index (χ4n) is 6.34. The largest absolute Gasteiger partial charge is 0.431 e. The second-order valence-electron chi connectivity index (χ2n) is 9.98. The van der Waals surface area contributed by atoms with Gasteiger partial charge in [-0.15, -0.1) is 0 Å². The highest BCUT2D eigenvalue weighted by atomic mass is 19.4. The van der Waals surface area contributed by atoms with Crippen molar-refractivity contribution in [2.75, 3.05) is 33.3 Å². The number of piperidine rings is 2. The highest BCUT2D eigenvalue weighted by Crippen LogP contribution is 2.50. The molecule has 2 fully saturated rings. The number of hydrogen-bond acceptors (Lipinski definition) is 3. The molecule has 7 heteroatoms. The lowest BCUT2D eigenvalue weighted by atomic mass is 9.62. The average Bonchev–Trinajstić information content (AvgIpc) is 2.90. The average molecular weight is 497 g/mol. The number of carbonyl (C=O) groups excluding carboxylic acids is 1. The van der Waals surface area contributed by atoms with Crippen molar-refractivity contribution in [2.45, 2.75) is 37.0 Å². The van der Waals surface area contributed by atoms with Gasteiger partial charge in [0.1, 0.15) is 0 Å². The number of alkyl halides is 3. The van der Waals surface area contributed by atoms with Crippen LogP contribution in [0.5, 0.6) is 0 Å². The molecule has 1 N–H and O–H groups in total. The summed E-state index contributed by atoms with van der Waals surface area (Å²) >= 11 is 0. The number of halogens is 3. The summed E-state index contributed by atoms with van der Waals surface area (Å²) in [6.45, 7) is 2.25. The summed E-state index contributed by atoms with van der Waals surface area (Å²) in [4.78, 5) is 15.2. The fraction of sp³-hybridized carbons (Fsp3) is 0.414. The Morgan fingerprint density at radius 2 is 1.61 bits per heavy atom. The molecule has 5 rings (SSSR count). The lowest BCUT2D eigenvalue weighted by molar-refractivity contribution is -0.270. The first-order valence-electron chi connectivity index (χ1n) is 12.5. The molecule has 190 valence electrons. The number of nitrogens with zero attached hydrogens (tertiary/aromatic N) is 1. The minimum absolute atomic E-state index is 0.0448. The van der Waals surface area contributed by atoms with E-state index < -0.39 is 17.7 Å². The molecule has 0 radical (unpaired) electrons. The molecule has 36 heavy (non-hydrogen) atoms. The highest BCUT2D eigenvalue weighted by Gasteiger charge is 2.64. The number of carbonyl (C=O) groups is 1. The summed E-state index contributed by atoms with van der Waals surface area (Å²) in [5.41, 5.74) is -2.03. The maximum atomic E-state index is 14.8. The first-order chi connectivity index (χ1) is 17.3. The van der Waals surface area contributed by atoms with Gasteiger partial charge < -0.3 is 15.0 Å². The number of ether oxygens (including phenoxy) is 1. The molecule has 0 aromatic heterocycles. The van der Waals surface area contributed by atoms with Crippen LogP contribution in [-0.4, -0.2) is 50.3 Å². The van der Waals surface area contributed by atoms with Gasteiger partial charge in [-0.3, -0.25) is 4.79 Å². The molecule has 2 saturated heterocycles. The van der Waals surface area contributed by atoms with Gasteiger partial charge >= 0.3 is 6.18 Å². The van der Waals surface area contributed by atoms with E-state index in [1.54, 1.807) is 36.4 Å². The van der Waals surface area contributed by atoms with Crippen molar-refractivity contribution >= 4 is 16.7 Å². The van der Waals surface area contributed by atoms with E-state index >= 15 is 0 Å². The molecule has 1 amide bonds. The number of nitrogens with one attached hydrogen (secondary N) is 1. The Morgan fingerprint density at radius 3 is 2.31 bits per heavy atom. The van der Waals surface area contributed by atoms with E-state index in [0.717, 1.165) is 26.6 Å². The Labute approximate surface area is 209 Å². The van der Waals surface area contributed by atoms with E-state index in [1.807, 2.05) is 18.2 Å². The molecule has 2 heterocycles. The van der Waals surface area contributed by atoms with Crippen LogP contribution in [-0.2, 0) is 15.1 Å². The predicted molar refractivity (Wildman–Crippen MR) is 134 cm³/mol. The summed E-state index contributed by atoms with van der Waals surface area (Å²) in [7, 11) is 0.983. The fourth-order valence-corrected chi connectivity index (χ4v) is 6.34. The molecule has 1 spiro atoms. The number of hydrogen-bond donors (Lipinski definition) is 1. The van der Waals surface area contributed by atoms with Crippen molar-refractivity contribution in [1.29, 1.82) is 0 Å². The topological polar surface area (TPSA) is 41.6 Å². The zero-order chi connectivity index (χ0) is 25.4. The van der Waals surface area contributed by atoms with Crippen LogP contribution in [0.2, 0.25) is 0 Å². The molecule has 2 atom stereocenters. The molecular weight excluding hydrogens is 465 g/mol. The zero-order valence-corrected chi connectivity index (χ0v) is 20.4. The Hall–Kier alpha value is -2.90. The maximum absolute atomic E-state index is 14.8. The molecule has 2 aliphatic rings. The van der Waals surface area contributed by atoms with E-state index in [0.29, 0.717) is 23.6 Å². The Kier molecular flexibility index (Phi) is 6.55. The summed E-state index contributed by atoms with van der Waals surface area (Å²) in [5.74, 6) is -0.772. The third-order valence-corrected chi connectivity index (χ3v) is 8.31. The number of benzene rings is 3. The third kappa shape index (κ3) is 3.98. The van der Waals surface area contributed by atoms with Crippen LogP contribution < -0.4 is 5.32 Å². The van der Waals surface area contributed by atoms with Crippen molar-refractivity contribution in [1.82, 2.24) is 10.2 Å². The summed E-state index contributed by atoms with van der Waals surface area (Å²) < 4.78 is 49.7. The Balaban J connectivity index is 1.48. The quantitative estimate of drug-likeness (QED) is 0.509. The Morgan fingerprint density at radius 1 is 0.944 bits per heavy atom. The number of fused-ring (bicyclic) bond motifs is 1. The van der Waals surface area contributed by atoms with E-state index in [2.05, 4.69) is 17.4 Å². The standard InChI is InChI=1S/C29H31F3N2O2/c1-36-28(29(30,31)32,24-13-7-11-21-8-5-6-12-23(21)24)26(35)34-18-15-27(16-19-34)14-17-33-20-25(27)22-9-3-2-4-10-22/h2-13,25,33H,14-20H2,1H3/t25-,28-/m0/s1. The normalized spacial score (nSPS) is 21.9. The summed E-state index contributed by atoms with van der Waals surface area (Å²) in [6, 6.07) is 21.7. The lowest BCUT2D eigenvalue weighted by Crippen LogP contribution is -2.60. The second kappa shape index (κ2) is 9.52. The molecule has 0 bridgehead atoms. The number of likely N-dealkylation sites (tertiary alicyclic amines) is 1. The molecule has 0 unspecified atom stereocenters. The minimum Gasteiger partial charge on any atom is -0.356 e. The third-order valence-electron chi connectivity index (χ3n) is 8.31. The van der Waals surface area contributed by atoms with Gasteiger partial charge in [-0.05, 0) is 47.6 Å². The van der Waals surface area contributed by atoms with Gasteiger partial charge in [0.2, 0.25) is 0 Å². The molecular formula is C29H31F3N2O2. The lowest BCUT2D eigenvalue weighted by Gasteiger charge is -2.50. The van der Waals surface area contributed by atoms with Crippen molar-refractivity contribution in [3.63, 3.8) is 0 Å². The molecule has 2 aliphatic heterocycles. The molecule has 3 aromatic carbocycles. The highest BCUT2D eigenvalue weighted by molar-refractivity contribution is 5.95. The van der Waals surface area contributed by atoms with E-state index in [-0.39, 0.29) is 30.0 Å². The van der Waals surface area contributed by atoms with Crippen molar-refractivity contribution < 1.29 is 22.7 Å². The van der Waals surface area contributed by atoms with Gasteiger partial charge in [0, 0.05) is 38.2 Å². The van der Waals surface area contributed by atoms with Crippen LogP contribution in [0, 0.1) is 5.41 Å². The first kappa shape index (κ1) is 24.8. The van der Waals surface area contributed by atoms with Crippen LogP contribution in [0.25, 0.3) is 10.8 Å². The molecule has 0 saturated carbocycles.